The van der Waals surface area contributed by atoms with Gasteiger partial charge in [0, 0.05) is 24.7 Å². The Hall–Kier alpha value is -3.44. The van der Waals surface area contributed by atoms with Gasteiger partial charge in [-0.05, 0) is 18.2 Å². The van der Waals surface area contributed by atoms with Gasteiger partial charge in [-0.2, -0.15) is 0 Å². The van der Waals surface area contributed by atoms with E-state index in [1.807, 2.05) is 6.07 Å². The van der Waals surface area contributed by atoms with Crippen LogP contribution in [0.25, 0.3) is 0 Å². The van der Waals surface area contributed by atoms with Crippen LogP contribution >= 0.6 is 23.4 Å². The van der Waals surface area contributed by atoms with Crippen LogP contribution in [-0.2, 0) is 18.4 Å². The molecule has 1 aromatic heterocycles. The van der Waals surface area contributed by atoms with Crippen LogP contribution < -0.4 is 10.6 Å². The lowest BCUT2D eigenvalue weighted by Gasteiger charge is -2.08. The van der Waals surface area contributed by atoms with Crippen molar-refractivity contribution in [3.05, 3.63) is 75.1 Å². The van der Waals surface area contributed by atoms with Gasteiger partial charge in [0.15, 0.2) is 11.0 Å². The van der Waals surface area contributed by atoms with Crippen molar-refractivity contribution in [3.63, 3.8) is 0 Å². The number of halogens is 1. The van der Waals surface area contributed by atoms with E-state index < -0.39 is 10.8 Å². The molecule has 2 N–H and O–H groups in total. The third-order valence-electron chi connectivity index (χ3n) is 4.14. The van der Waals surface area contributed by atoms with Gasteiger partial charge in [-0.15, -0.1) is 10.2 Å². The minimum Gasteiger partial charge on any atom is -0.345 e. The average molecular weight is 461 g/mol. The van der Waals surface area contributed by atoms with E-state index in [2.05, 4.69) is 20.8 Å². The second-order valence-electron chi connectivity index (χ2n) is 6.26. The molecule has 0 unspecified atom stereocenters. The zero-order valence-electron chi connectivity index (χ0n) is 16.2. The van der Waals surface area contributed by atoms with Crippen molar-refractivity contribution in [3.8, 4) is 0 Å². The summed E-state index contributed by atoms with van der Waals surface area (Å²) in [5.74, 6) is -0.129. The number of carbonyl (C=O) groups excluding carboxylic acids is 2. The summed E-state index contributed by atoms with van der Waals surface area (Å²) >= 11 is 7.12. The third kappa shape index (κ3) is 5.80. The summed E-state index contributed by atoms with van der Waals surface area (Å²) in [6.45, 7) is 0.174. The van der Waals surface area contributed by atoms with Crippen molar-refractivity contribution in [2.45, 2.75) is 11.7 Å². The van der Waals surface area contributed by atoms with Crippen LogP contribution in [0.4, 0.5) is 11.4 Å². The van der Waals surface area contributed by atoms with Crippen molar-refractivity contribution < 1.29 is 14.5 Å². The molecule has 3 rings (SSSR count). The summed E-state index contributed by atoms with van der Waals surface area (Å²) in [7, 11) is 1.72. The van der Waals surface area contributed by atoms with Gasteiger partial charge in [0.25, 0.3) is 11.6 Å². The zero-order valence-corrected chi connectivity index (χ0v) is 17.8. The molecule has 3 aromatic rings. The highest BCUT2D eigenvalue weighted by atomic mass is 35.5. The minimum atomic E-state index is -0.571. The summed E-state index contributed by atoms with van der Waals surface area (Å²) in [5.41, 5.74) is 0.516. The number of thioether (sulfide) groups is 1. The smallest absolute Gasteiger partial charge is 0.271 e. The van der Waals surface area contributed by atoms with Gasteiger partial charge in [0.1, 0.15) is 0 Å². The summed E-state index contributed by atoms with van der Waals surface area (Å²) < 4.78 is 1.67. The van der Waals surface area contributed by atoms with Crippen molar-refractivity contribution in [1.82, 2.24) is 20.1 Å². The number of nitrogens with one attached hydrogen (secondary N) is 2. The molecule has 0 bridgehead atoms. The van der Waals surface area contributed by atoms with Gasteiger partial charge in [-0.3, -0.25) is 19.7 Å². The van der Waals surface area contributed by atoms with E-state index in [1.165, 1.54) is 18.2 Å². The summed E-state index contributed by atoms with van der Waals surface area (Å²) in [5, 5.41) is 24.9. The molecule has 0 fully saturated rings. The Balaban J connectivity index is 1.55. The van der Waals surface area contributed by atoms with Crippen molar-refractivity contribution >= 4 is 46.6 Å². The monoisotopic (exact) mass is 460 g/mol. The Kier molecular flexibility index (Phi) is 7.21. The molecule has 0 radical (unpaired) electrons. The Morgan fingerprint density at radius 3 is 2.65 bits per heavy atom. The normalized spacial score (nSPS) is 10.5. The van der Waals surface area contributed by atoms with Crippen LogP contribution in [0.2, 0.25) is 5.02 Å². The maximum absolute atomic E-state index is 12.2. The molecule has 0 aliphatic rings. The second-order valence-corrected chi connectivity index (χ2v) is 7.61. The third-order valence-corrected chi connectivity index (χ3v) is 5.49. The molecule has 1 heterocycles. The number of rotatable bonds is 8. The molecule has 0 aliphatic carbocycles. The zero-order chi connectivity index (χ0) is 22.4. The molecular formula is C19H17ClN6O4S. The number of non-ortho nitro benzene ring substituents is 1. The van der Waals surface area contributed by atoms with Crippen LogP contribution in [0, 0.1) is 10.1 Å². The van der Waals surface area contributed by atoms with E-state index in [4.69, 9.17) is 11.6 Å². The molecule has 2 aromatic carbocycles. The Bertz CT molecular complexity index is 1120. The van der Waals surface area contributed by atoms with E-state index in [0.29, 0.717) is 16.5 Å². The largest absolute Gasteiger partial charge is 0.345 e. The van der Waals surface area contributed by atoms with E-state index in [-0.39, 0.29) is 34.6 Å². The number of nitro groups is 1. The van der Waals surface area contributed by atoms with E-state index in [0.717, 1.165) is 11.8 Å². The maximum atomic E-state index is 12.2. The first-order chi connectivity index (χ1) is 14.8. The van der Waals surface area contributed by atoms with Crippen molar-refractivity contribution in [2.24, 2.45) is 7.05 Å². The second kappa shape index (κ2) is 10.0. The standard InChI is InChI=1S/C19H17ClN6O4S/c1-25-16(10-21-18(28)12-5-3-2-4-6-12)23-24-19(25)31-11-17(27)22-15-9-13(26(29)30)7-8-14(15)20/h2-9H,10-11H2,1H3,(H,21,28)(H,22,27). The van der Waals surface area contributed by atoms with Crippen LogP contribution in [0.1, 0.15) is 16.2 Å². The number of nitro benzene ring substituents is 1. The molecule has 10 nitrogen and oxygen atoms in total. The first-order valence-corrected chi connectivity index (χ1v) is 10.3. The van der Waals surface area contributed by atoms with Crippen LogP contribution in [0.3, 0.4) is 0 Å². The summed E-state index contributed by atoms with van der Waals surface area (Å²) in [6.07, 6.45) is 0. The molecule has 2 amide bonds. The summed E-state index contributed by atoms with van der Waals surface area (Å²) in [4.78, 5) is 34.7. The lowest BCUT2D eigenvalue weighted by molar-refractivity contribution is -0.384. The molecule has 0 saturated carbocycles. The molecule has 31 heavy (non-hydrogen) atoms. The number of amides is 2. The number of carbonyl (C=O) groups is 2. The van der Waals surface area contributed by atoms with Crippen LogP contribution in [0.5, 0.6) is 0 Å². The number of aromatic nitrogens is 3. The van der Waals surface area contributed by atoms with Crippen LogP contribution in [0.15, 0.2) is 53.7 Å². The minimum absolute atomic E-state index is 0.0125. The molecule has 0 saturated heterocycles. The van der Waals surface area contributed by atoms with Gasteiger partial charge < -0.3 is 15.2 Å². The lowest BCUT2D eigenvalue weighted by Crippen LogP contribution is -2.24. The average Bonchev–Trinajstić information content (AvgIpc) is 3.12. The highest BCUT2D eigenvalue weighted by Gasteiger charge is 2.15. The molecule has 160 valence electrons. The SMILES string of the molecule is Cn1c(CNC(=O)c2ccccc2)nnc1SCC(=O)Nc1cc([N+](=O)[O-])ccc1Cl. The topological polar surface area (TPSA) is 132 Å². The van der Waals surface area contributed by atoms with Gasteiger partial charge in [-0.25, -0.2) is 0 Å². The van der Waals surface area contributed by atoms with Gasteiger partial charge >= 0.3 is 0 Å². The fourth-order valence-electron chi connectivity index (χ4n) is 2.51. The highest BCUT2D eigenvalue weighted by molar-refractivity contribution is 7.99. The quantitative estimate of drug-likeness (QED) is 0.300. The van der Waals surface area contributed by atoms with Crippen molar-refractivity contribution in [2.75, 3.05) is 11.1 Å². The van der Waals surface area contributed by atoms with Crippen molar-refractivity contribution in [1.29, 1.82) is 0 Å². The predicted octanol–water partition coefficient (Wildman–Crippen LogP) is 3.04. The first-order valence-electron chi connectivity index (χ1n) is 8.93. The fourth-order valence-corrected chi connectivity index (χ4v) is 3.41. The van der Waals surface area contributed by atoms with Gasteiger partial charge in [-0.1, -0.05) is 41.6 Å². The molecule has 0 aliphatic heterocycles. The van der Waals surface area contributed by atoms with E-state index in [1.54, 1.807) is 35.9 Å². The number of anilines is 1. The highest BCUT2D eigenvalue weighted by Crippen LogP contribution is 2.27. The van der Waals surface area contributed by atoms with Gasteiger partial charge in [0.05, 0.1) is 27.9 Å². The van der Waals surface area contributed by atoms with E-state index >= 15 is 0 Å². The van der Waals surface area contributed by atoms with E-state index in [9.17, 15) is 19.7 Å². The molecule has 12 heteroatoms. The Labute approximate surface area is 186 Å². The number of hydrogen-bond acceptors (Lipinski definition) is 7. The first kappa shape index (κ1) is 22.2. The maximum Gasteiger partial charge on any atom is 0.271 e. The lowest BCUT2D eigenvalue weighted by atomic mass is 10.2. The van der Waals surface area contributed by atoms with Crippen LogP contribution in [-0.4, -0.2) is 37.3 Å². The molecule has 0 spiro atoms. The molecular weight excluding hydrogens is 444 g/mol. The number of hydrogen-bond donors (Lipinski definition) is 2. The van der Waals surface area contributed by atoms with Gasteiger partial charge in [0.2, 0.25) is 5.91 Å². The Morgan fingerprint density at radius 2 is 1.94 bits per heavy atom. The predicted molar refractivity (Wildman–Crippen MR) is 116 cm³/mol. The summed E-state index contributed by atoms with van der Waals surface area (Å²) in [6, 6.07) is 12.6. The fraction of sp³-hybridized carbons (Fsp3) is 0.158. The number of nitrogens with zero attached hydrogens (tertiary/aromatic N) is 4. The molecule has 0 atom stereocenters. The Morgan fingerprint density at radius 1 is 1.19 bits per heavy atom. The number of benzene rings is 2.